The highest BCUT2D eigenvalue weighted by atomic mass is 35.5. The highest BCUT2D eigenvalue weighted by molar-refractivity contribution is 6.30. The quantitative estimate of drug-likeness (QED) is 0.746. The van der Waals surface area contributed by atoms with E-state index in [9.17, 15) is 13.2 Å². The van der Waals surface area contributed by atoms with Crippen LogP contribution in [0.4, 0.5) is 13.2 Å². The summed E-state index contributed by atoms with van der Waals surface area (Å²) in [7, 11) is 0. The number of alkyl halides is 4. The van der Waals surface area contributed by atoms with Crippen LogP contribution >= 0.6 is 23.2 Å². The molecule has 1 heterocycles. The van der Waals surface area contributed by atoms with Crippen molar-refractivity contribution in [3.63, 3.8) is 0 Å². The van der Waals surface area contributed by atoms with Gasteiger partial charge >= 0.3 is 6.36 Å². The fourth-order valence-electron chi connectivity index (χ4n) is 0.766. The number of hydrogen-bond acceptors (Lipinski definition) is 2. The van der Waals surface area contributed by atoms with Gasteiger partial charge in [-0.3, -0.25) is 0 Å². The minimum Gasteiger partial charge on any atom is -0.388 e. The molecule has 0 aliphatic carbocycles. The number of rotatable bonds is 2. The molecule has 0 saturated heterocycles. The SMILES string of the molecule is FC(F)(F)Oc1ncc(Cl)cc1CCl. The zero-order valence-corrected chi connectivity index (χ0v) is 8.12. The highest BCUT2D eigenvalue weighted by Gasteiger charge is 2.32. The van der Waals surface area contributed by atoms with Crippen LogP contribution in [0.2, 0.25) is 5.02 Å². The predicted octanol–water partition coefficient (Wildman–Crippen LogP) is 3.37. The Bertz CT molecular complexity index is 329. The van der Waals surface area contributed by atoms with E-state index >= 15 is 0 Å². The Labute approximate surface area is 87.6 Å². The van der Waals surface area contributed by atoms with Gasteiger partial charge in [-0.1, -0.05) is 11.6 Å². The molecule has 1 aromatic heterocycles. The van der Waals surface area contributed by atoms with Gasteiger partial charge in [0.2, 0.25) is 5.88 Å². The Morgan fingerprint density at radius 1 is 1.43 bits per heavy atom. The van der Waals surface area contributed by atoms with Crippen LogP contribution in [0.5, 0.6) is 5.88 Å². The van der Waals surface area contributed by atoms with Crippen LogP contribution in [0, 0.1) is 0 Å². The van der Waals surface area contributed by atoms with Crippen LogP contribution in [0.25, 0.3) is 0 Å². The lowest BCUT2D eigenvalue weighted by molar-refractivity contribution is -0.276. The van der Waals surface area contributed by atoms with Gasteiger partial charge in [-0.25, -0.2) is 4.98 Å². The topological polar surface area (TPSA) is 22.1 Å². The van der Waals surface area contributed by atoms with Gasteiger partial charge < -0.3 is 4.74 Å². The van der Waals surface area contributed by atoms with E-state index in [2.05, 4.69) is 9.72 Å². The van der Waals surface area contributed by atoms with Crippen LogP contribution < -0.4 is 4.74 Å². The Hall–Kier alpha value is -0.680. The first-order valence-corrected chi connectivity index (χ1v) is 4.30. The molecule has 14 heavy (non-hydrogen) atoms. The summed E-state index contributed by atoms with van der Waals surface area (Å²) in [6.07, 6.45) is -3.72. The zero-order chi connectivity index (χ0) is 10.8. The minimum atomic E-state index is -4.78. The largest absolute Gasteiger partial charge is 0.574 e. The summed E-state index contributed by atoms with van der Waals surface area (Å²) in [5.41, 5.74) is 0.0940. The van der Waals surface area contributed by atoms with Crippen molar-refractivity contribution in [3.05, 3.63) is 22.8 Å². The van der Waals surface area contributed by atoms with Crippen molar-refractivity contribution in [1.82, 2.24) is 4.98 Å². The van der Waals surface area contributed by atoms with E-state index in [1.165, 1.54) is 6.07 Å². The smallest absolute Gasteiger partial charge is 0.388 e. The van der Waals surface area contributed by atoms with Crippen LogP contribution in [0.15, 0.2) is 12.3 Å². The molecular formula is C7H4Cl2F3NO. The molecule has 7 heteroatoms. The van der Waals surface area contributed by atoms with E-state index in [-0.39, 0.29) is 16.5 Å². The number of nitrogens with zero attached hydrogens (tertiary/aromatic N) is 1. The third-order valence-electron chi connectivity index (χ3n) is 1.25. The van der Waals surface area contributed by atoms with Gasteiger partial charge in [0, 0.05) is 11.8 Å². The maximum atomic E-state index is 11.8. The standard InChI is InChI=1S/C7H4Cl2F3NO/c8-2-4-1-5(9)3-13-6(4)14-7(10,11)12/h1,3H,2H2. The van der Waals surface area contributed by atoms with E-state index in [1.807, 2.05) is 0 Å². The van der Waals surface area contributed by atoms with Crippen molar-refractivity contribution in [2.45, 2.75) is 12.2 Å². The number of ether oxygens (including phenoxy) is 1. The third-order valence-corrected chi connectivity index (χ3v) is 1.74. The summed E-state index contributed by atoms with van der Waals surface area (Å²) >= 11 is 10.9. The molecule has 1 aromatic rings. The van der Waals surface area contributed by atoms with E-state index in [4.69, 9.17) is 23.2 Å². The van der Waals surface area contributed by atoms with E-state index < -0.39 is 12.2 Å². The lowest BCUT2D eigenvalue weighted by atomic mass is 10.3. The van der Waals surface area contributed by atoms with Crippen molar-refractivity contribution < 1.29 is 17.9 Å². The maximum Gasteiger partial charge on any atom is 0.574 e. The molecular weight excluding hydrogens is 242 g/mol. The Balaban J connectivity index is 2.97. The second-order valence-corrected chi connectivity index (χ2v) is 3.00. The Kier molecular flexibility index (Phi) is 3.44. The van der Waals surface area contributed by atoms with Gasteiger partial charge in [0.25, 0.3) is 0 Å². The van der Waals surface area contributed by atoms with Crippen molar-refractivity contribution in [2.24, 2.45) is 0 Å². The highest BCUT2D eigenvalue weighted by Crippen LogP contribution is 2.26. The molecule has 1 rings (SSSR count). The molecule has 0 aromatic carbocycles. The van der Waals surface area contributed by atoms with E-state index in [1.54, 1.807) is 0 Å². The summed E-state index contributed by atoms with van der Waals surface area (Å²) in [6, 6.07) is 1.27. The lowest BCUT2D eigenvalue weighted by Gasteiger charge is -2.10. The molecule has 0 saturated carbocycles. The first-order chi connectivity index (χ1) is 6.42. The minimum absolute atomic E-state index is 0.0940. The second kappa shape index (κ2) is 4.23. The molecule has 78 valence electrons. The Morgan fingerprint density at radius 3 is 2.57 bits per heavy atom. The lowest BCUT2D eigenvalue weighted by Crippen LogP contribution is -2.18. The molecule has 0 spiro atoms. The molecule has 0 N–H and O–H groups in total. The average molecular weight is 246 g/mol. The molecule has 0 fully saturated rings. The van der Waals surface area contributed by atoms with Crippen molar-refractivity contribution in [1.29, 1.82) is 0 Å². The van der Waals surface area contributed by atoms with Gasteiger partial charge in [-0.2, -0.15) is 0 Å². The average Bonchev–Trinajstić information content (AvgIpc) is 2.06. The number of halogens is 5. The maximum absolute atomic E-state index is 11.8. The Morgan fingerprint density at radius 2 is 2.07 bits per heavy atom. The molecule has 0 radical (unpaired) electrons. The van der Waals surface area contributed by atoms with Crippen molar-refractivity contribution >= 4 is 23.2 Å². The monoisotopic (exact) mass is 245 g/mol. The van der Waals surface area contributed by atoms with Gasteiger partial charge in [0.1, 0.15) is 0 Å². The number of aromatic nitrogens is 1. The van der Waals surface area contributed by atoms with Crippen molar-refractivity contribution in [3.8, 4) is 5.88 Å². The fraction of sp³-hybridized carbons (Fsp3) is 0.286. The summed E-state index contributed by atoms with van der Waals surface area (Å²) < 4.78 is 39.1. The molecule has 0 aliphatic heterocycles. The van der Waals surface area contributed by atoms with Crippen LogP contribution in [-0.4, -0.2) is 11.3 Å². The van der Waals surface area contributed by atoms with Gasteiger partial charge in [-0.15, -0.1) is 24.8 Å². The normalized spacial score (nSPS) is 11.5. The molecule has 0 bridgehead atoms. The first-order valence-electron chi connectivity index (χ1n) is 3.38. The summed E-state index contributed by atoms with van der Waals surface area (Å²) in [5.74, 6) is -0.726. The third kappa shape index (κ3) is 3.23. The molecule has 0 amide bonds. The summed E-state index contributed by atoms with van der Waals surface area (Å²) in [5, 5.41) is 0.204. The molecule has 0 aliphatic rings. The van der Waals surface area contributed by atoms with Crippen LogP contribution in [0.1, 0.15) is 5.56 Å². The summed E-state index contributed by atoms with van der Waals surface area (Å²) in [4.78, 5) is 3.38. The van der Waals surface area contributed by atoms with E-state index in [0.717, 1.165) is 6.20 Å². The fourth-order valence-corrected chi connectivity index (χ4v) is 1.14. The van der Waals surface area contributed by atoms with Crippen LogP contribution in [0.3, 0.4) is 0 Å². The van der Waals surface area contributed by atoms with Gasteiger partial charge in [-0.05, 0) is 6.07 Å². The first kappa shape index (κ1) is 11.4. The number of pyridine rings is 1. The zero-order valence-electron chi connectivity index (χ0n) is 6.61. The molecule has 0 atom stereocenters. The molecule has 2 nitrogen and oxygen atoms in total. The number of hydrogen-bond donors (Lipinski definition) is 0. The van der Waals surface area contributed by atoms with E-state index in [0.29, 0.717) is 0 Å². The predicted molar refractivity (Wildman–Crippen MR) is 45.5 cm³/mol. The summed E-state index contributed by atoms with van der Waals surface area (Å²) in [6.45, 7) is 0. The molecule has 0 unspecified atom stereocenters. The van der Waals surface area contributed by atoms with Gasteiger partial charge in [0.05, 0.1) is 10.9 Å². The second-order valence-electron chi connectivity index (χ2n) is 2.30. The van der Waals surface area contributed by atoms with Gasteiger partial charge in [0.15, 0.2) is 0 Å². The van der Waals surface area contributed by atoms with Crippen LogP contribution in [-0.2, 0) is 5.88 Å². The van der Waals surface area contributed by atoms with Crippen molar-refractivity contribution in [2.75, 3.05) is 0 Å².